The lowest BCUT2D eigenvalue weighted by Gasteiger charge is -2.14. The highest BCUT2D eigenvalue weighted by atomic mass is 16.5. The first-order valence-corrected chi connectivity index (χ1v) is 11.2. The third-order valence-electron chi connectivity index (χ3n) is 4.72. The molecule has 0 spiro atoms. The fourth-order valence-electron chi connectivity index (χ4n) is 3.03. The lowest BCUT2D eigenvalue weighted by Crippen LogP contribution is -2.16. The lowest BCUT2D eigenvalue weighted by atomic mass is 10.1. The summed E-state index contributed by atoms with van der Waals surface area (Å²) in [4.78, 5) is 22.6. The molecule has 0 rings (SSSR count). The van der Waals surface area contributed by atoms with Gasteiger partial charge >= 0.3 is 11.9 Å². The van der Waals surface area contributed by atoms with Gasteiger partial charge in [-0.2, -0.15) is 0 Å². The molecule has 1 N–H and O–H groups in total. The molecule has 0 saturated carbocycles. The maximum absolute atomic E-state index is 12.1. The van der Waals surface area contributed by atoms with Crippen molar-refractivity contribution in [2.24, 2.45) is 0 Å². The summed E-state index contributed by atoms with van der Waals surface area (Å²) >= 11 is 0. The number of allylic oxidation sites excluding steroid dienone is 1. The number of hydrogen-bond donors (Lipinski definition) is 1. The molecule has 0 aliphatic heterocycles. The third-order valence-corrected chi connectivity index (χ3v) is 4.72. The second-order valence-electron chi connectivity index (χ2n) is 7.46. The molecule has 1 atom stereocenters. The van der Waals surface area contributed by atoms with Gasteiger partial charge in [-0.25, -0.2) is 0 Å². The van der Waals surface area contributed by atoms with Gasteiger partial charge in [0.2, 0.25) is 0 Å². The first-order valence-electron chi connectivity index (χ1n) is 11.2. The van der Waals surface area contributed by atoms with Crippen molar-refractivity contribution >= 4 is 11.9 Å². The molecule has 1 unspecified atom stereocenters. The van der Waals surface area contributed by atoms with Gasteiger partial charge in [0.25, 0.3) is 0 Å². The summed E-state index contributed by atoms with van der Waals surface area (Å²) in [7, 11) is 0. The van der Waals surface area contributed by atoms with E-state index in [0.717, 1.165) is 51.4 Å². The molecule has 0 saturated heterocycles. The fraction of sp³-hybridized carbons (Fsp3) is 0.826. The Kier molecular flexibility index (Phi) is 18.5. The molecule has 0 aromatic carbocycles. The van der Waals surface area contributed by atoms with Gasteiger partial charge in [0.1, 0.15) is 6.10 Å². The number of rotatable bonds is 19. The Morgan fingerprint density at radius 1 is 0.815 bits per heavy atom. The van der Waals surface area contributed by atoms with Crippen molar-refractivity contribution in [1.29, 1.82) is 0 Å². The minimum Gasteiger partial charge on any atom is -0.481 e. The Bertz CT molecular complexity index is 390. The zero-order chi connectivity index (χ0) is 20.2. The van der Waals surface area contributed by atoms with E-state index in [-0.39, 0.29) is 18.5 Å². The van der Waals surface area contributed by atoms with E-state index in [1.165, 1.54) is 38.5 Å². The van der Waals surface area contributed by atoms with Crippen LogP contribution in [0.15, 0.2) is 12.2 Å². The van der Waals surface area contributed by atoms with Crippen molar-refractivity contribution in [3.05, 3.63) is 12.2 Å². The van der Waals surface area contributed by atoms with Crippen LogP contribution in [0.25, 0.3) is 0 Å². The number of hydrogen-bond acceptors (Lipinski definition) is 3. The Balaban J connectivity index is 4.14. The Hall–Kier alpha value is -1.32. The van der Waals surface area contributed by atoms with Gasteiger partial charge in [-0.1, -0.05) is 71.3 Å². The normalized spacial score (nSPS) is 12.4. The van der Waals surface area contributed by atoms with Crippen LogP contribution in [-0.2, 0) is 14.3 Å². The number of ether oxygens (including phenoxy) is 1. The molecular weight excluding hydrogens is 340 g/mol. The average molecular weight is 383 g/mol. The van der Waals surface area contributed by atoms with Gasteiger partial charge in [-0.15, -0.1) is 0 Å². The lowest BCUT2D eigenvalue weighted by molar-refractivity contribution is -0.147. The topological polar surface area (TPSA) is 63.6 Å². The van der Waals surface area contributed by atoms with Crippen LogP contribution in [0.5, 0.6) is 0 Å². The number of carboxylic acid groups (broad SMARTS) is 1. The van der Waals surface area contributed by atoms with Crippen LogP contribution >= 0.6 is 0 Å². The number of aliphatic carboxylic acids is 1. The van der Waals surface area contributed by atoms with E-state index in [2.05, 4.69) is 26.0 Å². The molecule has 0 amide bonds. The second-order valence-corrected chi connectivity index (χ2v) is 7.46. The maximum Gasteiger partial charge on any atom is 0.306 e. The molecule has 27 heavy (non-hydrogen) atoms. The molecule has 0 aromatic rings. The summed E-state index contributed by atoms with van der Waals surface area (Å²) in [6, 6.07) is 0. The molecule has 0 aromatic heterocycles. The first-order chi connectivity index (χ1) is 13.1. The van der Waals surface area contributed by atoms with E-state index < -0.39 is 5.97 Å². The highest BCUT2D eigenvalue weighted by molar-refractivity contribution is 5.69. The van der Waals surface area contributed by atoms with Crippen LogP contribution in [0.2, 0.25) is 0 Å². The van der Waals surface area contributed by atoms with Crippen molar-refractivity contribution in [2.45, 2.75) is 123 Å². The van der Waals surface area contributed by atoms with E-state index in [1.807, 2.05) is 0 Å². The molecule has 0 bridgehead atoms. The summed E-state index contributed by atoms with van der Waals surface area (Å²) < 4.78 is 5.69. The van der Waals surface area contributed by atoms with Crippen molar-refractivity contribution in [3.63, 3.8) is 0 Å². The van der Waals surface area contributed by atoms with Crippen LogP contribution in [0.3, 0.4) is 0 Å². The van der Waals surface area contributed by atoms with Crippen LogP contribution in [0.4, 0.5) is 0 Å². The Morgan fingerprint density at radius 2 is 1.41 bits per heavy atom. The average Bonchev–Trinajstić information content (AvgIpc) is 2.63. The van der Waals surface area contributed by atoms with Gasteiger partial charge in [0, 0.05) is 12.8 Å². The number of carbonyl (C=O) groups excluding carboxylic acids is 1. The van der Waals surface area contributed by atoms with Crippen LogP contribution < -0.4 is 0 Å². The van der Waals surface area contributed by atoms with E-state index in [0.29, 0.717) is 6.42 Å². The largest absolute Gasteiger partial charge is 0.481 e. The van der Waals surface area contributed by atoms with E-state index in [1.54, 1.807) is 0 Å². The molecule has 0 aliphatic carbocycles. The highest BCUT2D eigenvalue weighted by Gasteiger charge is 2.11. The summed E-state index contributed by atoms with van der Waals surface area (Å²) in [6.45, 7) is 4.38. The Labute approximate surface area is 166 Å². The van der Waals surface area contributed by atoms with E-state index in [4.69, 9.17) is 9.84 Å². The highest BCUT2D eigenvalue weighted by Crippen LogP contribution is 2.14. The molecule has 4 nitrogen and oxygen atoms in total. The third kappa shape index (κ3) is 19.3. The molecular formula is C23H42O4. The molecule has 4 heteroatoms. The molecule has 0 heterocycles. The van der Waals surface area contributed by atoms with E-state index >= 15 is 0 Å². The monoisotopic (exact) mass is 382 g/mol. The molecule has 0 radical (unpaired) electrons. The van der Waals surface area contributed by atoms with Crippen molar-refractivity contribution < 1.29 is 19.4 Å². The Morgan fingerprint density at radius 3 is 2.07 bits per heavy atom. The zero-order valence-corrected chi connectivity index (χ0v) is 17.7. The summed E-state index contributed by atoms with van der Waals surface area (Å²) in [5, 5.41) is 8.67. The van der Waals surface area contributed by atoms with Gasteiger partial charge in [0.05, 0.1) is 0 Å². The van der Waals surface area contributed by atoms with Gasteiger partial charge < -0.3 is 9.84 Å². The number of esters is 1. The molecule has 0 fully saturated rings. The fourth-order valence-corrected chi connectivity index (χ4v) is 3.03. The SMILES string of the molecule is CCCCC/C=C\C(CCCCCCC(=O)O)OC(=O)CCCCCCC. The van der Waals surface area contributed by atoms with Crippen LogP contribution in [-0.4, -0.2) is 23.1 Å². The van der Waals surface area contributed by atoms with Crippen LogP contribution in [0.1, 0.15) is 117 Å². The second kappa shape index (κ2) is 19.4. The van der Waals surface area contributed by atoms with Crippen molar-refractivity contribution in [1.82, 2.24) is 0 Å². The first kappa shape index (κ1) is 25.7. The minimum atomic E-state index is -0.726. The molecule has 158 valence electrons. The van der Waals surface area contributed by atoms with Crippen molar-refractivity contribution in [2.75, 3.05) is 0 Å². The summed E-state index contributed by atoms with van der Waals surface area (Å²) in [6.07, 6.45) is 19.6. The number of carbonyl (C=O) groups is 2. The van der Waals surface area contributed by atoms with E-state index in [9.17, 15) is 9.59 Å². The smallest absolute Gasteiger partial charge is 0.306 e. The minimum absolute atomic E-state index is 0.0828. The predicted octanol–water partition coefficient (Wildman–Crippen LogP) is 6.82. The number of carboxylic acids is 1. The van der Waals surface area contributed by atoms with Gasteiger partial charge in [-0.05, 0) is 44.6 Å². The summed E-state index contributed by atoms with van der Waals surface area (Å²) in [5.74, 6) is -0.809. The number of unbranched alkanes of at least 4 members (excludes halogenated alkanes) is 10. The van der Waals surface area contributed by atoms with Crippen LogP contribution in [0, 0.1) is 0 Å². The quantitative estimate of drug-likeness (QED) is 0.151. The maximum atomic E-state index is 12.1. The predicted molar refractivity (Wildman–Crippen MR) is 112 cm³/mol. The summed E-state index contributed by atoms with van der Waals surface area (Å²) in [5.41, 5.74) is 0. The standard InChI is InChI=1S/C23H42O4/c1-3-5-7-9-13-17-21(18-14-11-12-15-19-22(24)25)27-23(26)20-16-10-8-6-4-2/h13,17,21H,3-12,14-16,18-20H2,1-2H3,(H,24,25)/b17-13-. The van der Waals surface area contributed by atoms with Crippen molar-refractivity contribution in [3.8, 4) is 0 Å². The van der Waals surface area contributed by atoms with Gasteiger partial charge in [0.15, 0.2) is 0 Å². The zero-order valence-electron chi connectivity index (χ0n) is 17.7. The van der Waals surface area contributed by atoms with Gasteiger partial charge in [-0.3, -0.25) is 9.59 Å². The molecule has 0 aliphatic rings.